The van der Waals surface area contributed by atoms with Crippen LogP contribution in [0.15, 0.2) is 0 Å². The molecule has 1 amide bonds. The Bertz CT molecular complexity index is 539. The van der Waals surface area contributed by atoms with E-state index in [2.05, 4.69) is 20.8 Å². The zero-order chi connectivity index (χ0) is 17.1. The first kappa shape index (κ1) is 16.4. The molecule has 5 fully saturated rings. The van der Waals surface area contributed by atoms with Crippen molar-refractivity contribution in [1.29, 1.82) is 0 Å². The smallest absolute Gasteiger partial charge is 0.311 e. The van der Waals surface area contributed by atoms with E-state index in [1.54, 1.807) is 0 Å². The van der Waals surface area contributed by atoms with E-state index in [0.29, 0.717) is 29.7 Å². The van der Waals surface area contributed by atoms with Gasteiger partial charge < -0.3 is 9.64 Å². The summed E-state index contributed by atoms with van der Waals surface area (Å²) in [6.45, 7) is 8.38. The summed E-state index contributed by atoms with van der Waals surface area (Å²) in [5.41, 5.74) is 0.417. The highest BCUT2D eigenvalue weighted by atomic mass is 16.5. The first-order chi connectivity index (χ1) is 11.4. The normalized spacial score (nSPS) is 40.6. The molecule has 0 aromatic carbocycles. The van der Waals surface area contributed by atoms with Gasteiger partial charge in [-0.15, -0.1) is 0 Å². The van der Waals surface area contributed by atoms with Crippen LogP contribution >= 0.6 is 0 Å². The minimum absolute atomic E-state index is 0.0562. The zero-order valence-corrected chi connectivity index (χ0v) is 15.3. The van der Waals surface area contributed by atoms with Crippen LogP contribution in [0.2, 0.25) is 0 Å². The first-order valence-corrected chi connectivity index (χ1v) is 9.87. The van der Waals surface area contributed by atoms with Gasteiger partial charge >= 0.3 is 5.97 Å². The lowest BCUT2D eigenvalue weighted by atomic mass is 9.45. The average molecular weight is 333 g/mol. The van der Waals surface area contributed by atoms with Gasteiger partial charge in [-0.25, -0.2) is 0 Å². The van der Waals surface area contributed by atoms with E-state index < -0.39 is 0 Å². The number of ether oxygens (including phenoxy) is 1. The molecular weight excluding hydrogens is 302 g/mol. The van der Waals surface area contributed by atoms with Crippen LogP contribution in [0.1, 0.15) is 59.3 Å². The number of likely N-dealkylation sites (tertiary alicyclic amines) is 1. The summed E-state index contributed by atoms with van der Waals surface area (Å²) < 4.78 is 5.96. The fourth-order valence-electron chi connectivity index (χ4n) is 5.46. The van der Waals surface area contributed by atoms with Crippen molar-refractivity contribution >= 4 is 11.9 Å². The predicted octanol–water partition coefficient (Wildman–Crippen LogP) is 3.25. The van der Waals surface area contributed by atoms with E-state index in [4.69, 9.17) is 4.74 Å². The number of rotatable bonds is 3. The number of carbonyl (C=O) groups is 2. The molecule has 5 rings (SSSR count). The molecule has 4 aliphatic carbocycles. The van der Waals surface area contributed by atoms with Crippen molar-refractivity contribution < 1.29 is 14.3 Å². The third-order valence-corrected chi connectivity index (χ3v) is 7.54. The van der Waals surface area contributed by atoms with E-state index in [9.17, 15) is 9.59 Å². The van der Waals surface area contributed by atoms with Gasteiger partial charge in [-0.05, 0) is 61.7 Å². The van der Waals surface area contributed by atoms with Crippen LogP contribution in [0.3, 0.4) is 0 Å². The lowest BCUT2D eigenvalue weighted by Gasteiger charge is -2.61. The Balaban J connectivity index is 1.34. The van der Waals surface area contributed by atoms with Gasteiger partial charge in [0.25, 0.3) is 0 Å². The molecule has 0 radical (unpaired) electrons. The highest BCUT2D eigenvalue weighted by molar-refractivity contribution is 5.82. The summed E-state index contributed by atoms with van der Waals surface area (Å²) in [4.78, 5) is 26.9. The summed E-state index contributed by atoms with van der Waals surface area (Å²) in [5.74, 6) is 2.19. The van der Waals surface area contributed by atoms with Crippen LogP contribution in [0, 0.1) is 35.0 Å². The molecule has 0 aromatic heterocycles. The molecule has 1 aliphatic heterocycles. The van der Waals surface area contributed by atoms with Crippen LogP contribution < -0.4 is 0 Å². The summed E-state index contributed by atoms with van der Waals surface area (Å²) in [6, 6.07) is 0. The molecule has 0 aromatic rings. The van der Waals surface area contributed by atoms with E-state index in [1.807, 2.05) is 4.90 Å². The third-order valence-electron chi connectivity index (χ3n) is 7.54. The maximum absolute atomic E-state index is 12.7. The van der Waals surface area contributed by atoms with Crippen LogP contribution in [0.4, 0.5) is 0 Å². The average Bonchev–Trinajstić information content (AvgIpc) is 3.40. The fraction of sp³-hybridized carbons (Fsp3) is 0.900. The minimum Gasteiger partial charge on any atom is -0.462 e. The number of hydrogen-bond acceptors (Lipinski definition) is 3. The molecule has 24 heavy (non-hydrogen) atoms. The molecule has 1 heterocycles. The number of amides is 1. The van der Waals surface area contributed by atoms with Crippen molar-refractivity contribution in [3.8, 4) is 0 Å². The van der Waals surface area contributed by atoms with Gasteiger partial charge in [0.2, 0.25) is 5.91 Å². The maximum Gasteiger partial charge on any atom is 0.311 e. The predicted molar refractivity (Wildman–Crippen MR) is 91.1 cm³/mol. The Kier molecular flexibility index (Phi) is 3.92. The molecule has 0 N–H and O–H groups in total. The number of carbonyl (C=O) groups excluding carboxylic acids is 2. The second-order valence-electron chi connectivity index (χ2n) is 9.33. The lowest BCUT2D eigenvalue weighted by Crippen LogP contribution is -2.57. The Hall–Kier alpha value is -1.06. The SMILES string of the molecule is CC1C(OC(=O)C2CCCN(C(=O)C3CC3)C2)CC2CC1C2(C)C. The number of nitrogens with zero attached hydrogens (tertiary/aromatic N) is 1. The summed E-state index contributed by atoms with van der Waals surface area (Å²) in [6.07, 6.45) is 6.27. The van der Waals surface area contributed by atoms with Gasteiger partial charge in [0.15, 0.2) is 0 Å². The molecule has 4 saturated carbocycles. The summed E-state index contributed by atoms with van der Waals surface area (Å²) in [7, 11) is 0. The number of hydrogen-bond donors (Lipinski definition) is 0. The second kappa shape index (κ2) is 5.74. The molecule has 2 bridgehead atoms. The first-order valence-electron chi connectivity index (χ1n) is 9.87. The van der Waals surface area contributed by atoms with Crippen molar-refractivity contribution in [2.75, 3.05) is 13.1 Å². The molecule has 0 spiro atoms. The topological polar surface area (TPSA) is 46.6 Å². The third kappa shape index (κ3) is 2.66. The Morgan fingerprint density at radius 2 is 1.83 bits per heavy atom. The van der Waals surface area contributed by atoms with Crippen molar-refractivity contribution in [3.63, 3.8) is 0 Å². The second-order valence-corrected chi connectivity index (χ2v) is 9.33. The standard InChI is InChI=1S/C20H31NO3/c1-12-16-9-15(20(16,2)3)10-17(12)24-19(23)14-5-4-8-21(11-14)18(22)13-6-7-13/h12-17H,4-11H2,1-3H3. The van der Waals surface area contributed by atoms with E-state index in [0.717, 1.165) is 38.6 Å². The van der Waals surface area contributed by atoms with E-state index in [-0.39, 0.29) is 29.8 Å². The Morgan fingerprint density at radius 3 is 2.46 bits per heavy atom. The Morgan fingerprint density at radius 1 is 1.08 bits per heavy atom. The van der Waals surface area contributed by atoms with Crippen LogP contribution in [-0.4, -0.2) is 36.0 Å². The highest BCUT2D eigenvalue weighted by Crippen LogP contribution is 2.61. The molecule has 5 atom stereocenters. The highest BCUT2D eigenvalue weighted by Gasteiger charge is 2.57. The number of esters is 1. The fourth-order valence-corrected chi connectivity index (χ4v) is 5.46. The van der Waals surface area contributed by atoms with Gasteiger partial charge in [0.05, 0.1) is 5.92 Å². The molecular formula is C20H31NO3. The molecule has 1 saturated heterocycles. The number of fused-ring (bicyclic) bond motifs is 2. The molecule has 5 unspecified atom stereocenters. The van der Waals surface area contributed by atoms with Gasteiger partial charge in [-0.3, -0.25) is 9.59 Å². The van der Waals surface area contributed by atoms with Crippen LogP contribution in [-0.2, 0) is 14.3 Å². The van der Waals surface area contributed by atoms with Gasteiger partial charge in [-0.1, -0.05) is 20.8 Å². The van der Waals surface area contributed by atoms with Gasteiger partial charge in [0, 0.05) is 19.0 Å². The van der Waals surface area contributed by atoms with Crippen LogP contribution in [0.5, 0.6) is 0 Å². The van der Waals surface area contributed by atoms with E-state index >= 15 is 0 Å². The molecule has 4 nitrogen and oxygen atoms in total. The maximum atomic E-state index is 12.7. The van der Waals surface area contributed by atoms with Crippen molar-refractivity contribution in [2.24, 2.45) is 35.0 Å². The quantitative estimate of drug-likeness (QED) is 0.745. The van der Waals surface area contributed by atoms with E-state index in [1.165, 1.54) is 6.42 Å². The van der Waals surface area contributed by atoms with Gasteiger partial charge in [0.1, 0.15) is 6.10 Å². The van der Waals surface area contributed by atoms with Crippen LogP contribution in [0.25, 0.3) is 0 Å². The van der Waals surface area contributed by atoms with Crippen molar-refractivity contribution in [1.82, 2.24) is 4.90 Å². The lowest BCUT2D eigenvalue weighted by molar-refractivity contribution is -0.190. The Labute approximate surface area is 145 Å². The molecule has 4 heteroatoms. The summed E-state index contributed by atoms with van der Waals surface area (Å²) >= 11 is 0. The molecule has 5 aliphatic rings. The van der Waals surface area contributed by atoms with Gasteiger partial charge in [-0.2, -0.15) is 0 Å². The molecule has 134 valence electrons. The summed E-state index contributed by atoms with van der Waals surface area (Å²) in [5, 5.41) is 0. The number of piperidine rings is 1. The minimum atomic E-state index is -0.111. The van der Waals surface area contributed by atoms with Crippen molar-refractivity contribution in [2.45, 2.75) is 65.4 Å². The monoisotopic (exact) mass is 333 g/mol. The zero-order valence-electron chi connectivity index (χ0n) is 15.3. The van der Waals surface area contributed by atoms with Crippen molar-refractivity contribution in [3.05, 3.63) is 0 Å². The largest absolute Gasteiger partial charge is 0.462 e.